The van der Waals surface area contributed by atoms with Crippen LogP contribution in [0.15, 0.2) is 42.5 Å². The maximum atomic E-state index is 12.6. The van der Waals surface area contributed by atoms with Gasteiger partial charge in [-0.05, 0) is 36.1 Å². The van der Waals surface area contributed by atoms with Gasteiger partial charge in [-0.1, -0.05) is 42.5 Å². The lowest BCUT2D eigenvalue weighted by Crippen LogP contribution is -2.48. The van der Waals surface area contributed by atoms with E-state index >= 15 is 0 Å². The van der Waals surface area contributed by atoms with Crippen molar-refractivity contribution in [3.63, 3.8) is 0 Å². The normalized spacial score (nSPS) is 22.5. The predicted molar refractivity (Wildman–Crippen MR) is 86.0 cm³/mol. The summed E-state index contributed by atoms with van der Waals surface area (Å²) in [6.45, 7) is 2.88. The number of fused-ring (bicyclic) bond motifs is 1. The number of piperidine rings is 1. The smallest absolute Gasteiger partial charge is 0.227 e. The minimum absolute atomic E-state index is 0.214. The van der Waals surface area contributed by atoms with Gasteiger partial charge < -0.3 is 10.6 Å². The molecule has 1 saturated heterocycles. The van der Waals surface area contributed by atoms with Crippen molar-refractivity contribution >= 4 is 16.7 Å². The first-order valence-electron chi connectivity index (χ1n) is 7.67. The molecule has 2 N–H and O–H groups in total. The van der Waals surface area contributed by atoms with Gasteiger partial charge in [-0.25, -0.2) is 0 Å². The van der Waals surface area contributed by atoms with Crippen LogP contribution in [0.4, 0.5) is 0 Å². The molecule has 3 nitrogen and oxygen atoms in total. The van der Waals surface area contributed by atoms with E-state index in [1.54, 1.807) is 0 Å². The van der Waals surface area contributed by atoms with Crippen molar-refractivity contribution in [2.45, 2.75) is 38.3 Å². The summed E-state index contributed by atoms with van der Waals surface area (Å²) in [7, 11) is 0. The number of rotatable bonds is 2. The highest BCUT2D eigenvalue weighted by molar-refractivity contribution is 5.90. The first-order valence-corrected chi connectivity index (χ1v) is 7.67. The number of amides is 1. The molecule has 3 rings (SSSR count). The largest absolute Gasteiger partial charge is 0.340 e. The number of hydrogen-bond acceptors (Lipinski definition) is 2. The molecule has 1 amide bonds. The van der Waals surface area contributed by atoms with E-state index in [1.807, 2.05) is 23.1 Å². The van der Waals surface area contributed by atoms with Crippen molar-refractivity contribution in [3.05, 3.63) is 48.0 Å². The van der Waals surface area contributed by atoms with E-state index in [0.29, 0.717) is 6.42 Å². The molecule has 0 spiro atoms. The third kappa shape index (κ3) is 2.93. The van der Waals surface area contributed by atoms with Gasteiger partial charge in [-0.3, -0.25) is 4.79 Å². The molecule has 2 aromatic carbocycles. The van der Waals surface area contributed by atoms with Gasteiger partial charge in [0, 0.05) is 18.6 Å². The van der Waals surface area contributed by atoms with Gasteiger partial charge in [0.15, 0.2) is 0 Å². The highest BCUT2D eigenvalue weighted by Crippen LogP contribution is 2.22. The zero-order valence-corrected chi connectivity index (χ0v) is 12.5. The summed E-state index contributed by atoms with van der Waals surface area (Å²) in [5, 5.41) is 2.37. The van der Waals surface area contributed by atoms with Crippen LogP contribution in [0.3, 0.4) is 0 Å². The summed E-state index contributed by atoms with van der Waals surface area (Å²) in [4.78, 5) is 14.6. The lowest BCUT2D eigenvalue weighted by molar-refractivity contribution is -0.133. The molecule has 2 aromatic rings. The molecule has 0 radical (unpaired) electrons. The zero-order valence-electron chi connectivity index (χ0n) is 12.5. The molecule has 2 unspecified atom stereocenters. The quantitative estimate of drug-likeness (QED) is 0.920. The van der Waals surface area contributed by atoms with E-state index in [-0.39, 0.29) is 18.0 Å². The number of likely N-dealkylation sites (tertiary alicyclic amines) is 1. The van der Waals surface area contributed by atoms with Gasteiger partial charge in [0.25, 0.3) is 0 Å². The Morgan fingerprint density at radius 2 is 2.00 bits per heavy atom. The average Bonchev–Trinajstić information content (AvgIpc) is 2.47. The summed E-state index contributed by atoms with van der Waals surface area (Å²) in [6, 6.07) is 14.9. The SMILES string of the molecule is CC1CC(N)CCN1C(=O)Cc1cccc2ccccc12. The molecular formula is C18H22N2O. The fourth-order valence-corrected chi connectivity index (χ4v) is 3.29. The molecule has 1 fully saturated rings. The number of carbonyl (C=O) groups excluding carboxylic acids is 1. The molecule has 0 aliphatic carbocycles. The van der Waals surface area contributed by atoms with Gasteiger partial charge in [0.05, 0.1) is 6.42 Å². The molecule has 2 atom stereocenters. The van der Waals surface area contributed by atoms with Crippen molar-refractivity contribution in [2.75, 3.05) is 6.54 Å². The summed E-state index contributed by atoms with van der Waals surface area (Å²) < 4.78 is 0. The molecule has 0 bridgehead atoms. The zero-order chi connectivity index (χ0) is 14.8. The molecule has 3 heteroatoms. The fraction of sp³-hybridized carbons (Fsp3) is 0.389. The van der Waals surface area contributed by atoms with E-state index in [0.717, 1.165) is 24.9 Å². The van der Waals surface area contributed by atoms with Crippen LogP contribution in [0, 0.1) is 0 Å². The van der Waals surface area contributed by atoms with E-state index in [4.69, 9.17) is 5.73 Å². The van der Waals surface area contributed by atoms with Crippen molar-refractivity contribution in [2.24, 2.45) is 5.73 Å². The van der Waals surface area contributed by atoms with Crippen molar-refractivity contribution in [1.29, 1.82) is 0 Å². The Kier molecular flexibility index (Phi) is 3.93. The Hall–Kier alpha value is -1.87. The minimum atomic E-state index is 0.214. The van der Waals surface area contributed by atoms with Crippen LogP contribution >= 0.6 is 0 Å². The fourth-order valence-electron chi connectivity index (χ4n) is 3.29. The van der Waals surface area contributed by atoms with Gasteiger partial charge >= 0.3 is 0 Å². The topological polar surface area (TPSA) is 46.3 Å². The Labute approximate surface area is 125 Å². The predicted octanol–water partition coefficient (Wildman–Crippen LogP) is 2.72. The number of nitrogens with zero attached hydrogens (tertiary/aromatic N) is 1. The van der Waals surface area contributed by atoms with Crippen LogP contribution in [0.5, 0.6) is 0 Å². The molecular weight excluding hydrogens is 260 g/mol. The molecule has 1 aliphatic heterocycles. The molecule has 110 valence electrons. The first kappa shape index (κ1) is 14.1. The Morgan fingerprint density at radius 1 is 1.24 bits per heavy atom. The Bertz CT molecular complexity index is 647. The van der Waals surface area contributed by atoms with Crippen LogP contribution in [0.25, 0.3) is 10.8 Å². The van der Waals surface area contributed by atoms with Crippen molar-refractivity contribution in [1.82, 2.24) is 4.90 Å². The number of carbonyl (C=O) groups is 1. The lowest BCUT2D eigenvalue weighted by atomic mass is 9.97. The van der Waals surface area contributed by atoms with Crippen LogP contribution in [-0.2, 0) is 11.2 Å². The van der Waals surface area contributed by atoms with Crippen LogP contribution in [0.2, 0.25) is 0 Å². The van der Waals surface area contributed by atoms with Crippen molar-refractivity contribution in [3.8, 4) is 0 Å². The maximum absolute atomic E-state index is 12.6. The van der Waals surface area contributed by atoms with E-state index in [2.05, 4.69) is 31.2 Å². The van der Waals surface area contributed by atoms with E-state index in [1.165, 1.54) is 10.8 Å². The van der Waals surface area contributed by atoms with Crippen LogP contribution < -0.4 is 5.73 Å². The summed E-state index contributed by atoms with van der Waals surface area (Å²) in [5.41, 5.74) is 7.09. The number of hydrogen-bond donors (Lipinski definition) is 1. The second-order valence-electron chi connectivity index (χ2n) is 6.04. The van der Waals surface area contributed by atoms with Gasteiger partial charge in [0.2, 0.25) is 5.91 Å². The van der Waals surface area contributed by atoms with Crippen LogP contribution in [-0.4, -0.2) is 29.4 Å². The summed E-state index contributed by atoms with van der Waals surface area (Å²) in [6.07, 6.45) is 2.29. The van der Waals surface area contributed by atoms with E-state index < -0.39 is 0 Å². The molecule has 1 heterocycles. The summed E-state index contributed by atoms with van der Waals surface area (Å²) in [5.74, 6) is 0.214. The standard InChI is InChI=1S/C18H22N2O/c1-13-11-16(19)9-10-20(13)18(21)12-15-7-4-6-14-5-2-3-8-17(14)15/h2-8,13,16H,9-12,19H2,1H3. The third-order valence-corrected chi connectivity index (χ3v) is 4.46. The molecule has 0 saturated carbocycles. The average molecular weight is 282 g/mol. The third-order valence-electron chi connectivity index (χ3n) is 4.46. The van der Waals surface area contributed by atoms with E-state index in [9.17, 15) is 4.79 Å². The monoisotopic (exact) mass is 282 g/mol. The minimum Gasteiger partial charge on any atom is -0.340 e. The molecule has 0 aromatic heterocycles. The summed E-state index contributed by atoms with van der Waals surface area (Å²) >= 11 is 0. The molecule has 1 aliphatic rings. The highest BCUT2D eigenvalue weighted by atomic mass is 16.2. The lowest BCUT2D eigenvalue weighted by Gasteiger charge is -2.36. The van der Waals surface area contributed by atoms with Gasteiger partial charge in [-0.15, -0.1) is 0 Å². The molecule has 21 heavy (non-hydrogen) atoms. The van der Waals surface area contributed by atoms with Crippen LogP contribution in [0.1, 0.15) is 25.3 Å². The van der Waals surface area contributed by atoms with Crippen molar-refractivity contribution < 1.29 is 4.79 Å². The number of benzene rings is 2. The second kappa shape index (κ2) is 5.86. The number of nitrogens with two attached hydrogens (primary N) is 1. The first-order chi connectivity index (χ1) is 10.1. The van der Waals surface area contributed by atoms with Gasteiger partial charge in [0.1, 0.15) is 0 Å². The Balaban J connectivity index is 1.80. The highest BCUT2D eigenvalue weighted by Gasteiger charge is 2.27. The Morgan fingerprint density at radius 3 is 2.81 bits per heavy atom. The second-order valence-corrected chi connectivity index (χ2v) is 6.04. The van der Waals surface area contributed by atoms with Gasteiger partial charge in [-0.2, -0.15) is 0 Å². The maximum Gasteiger partial charge on any atom is 0.227 e.